The van der Waals surface area contributed by atoms with Crippen LogP contribution < -0.4 is 31.9 Å². The van der Waals surface area contributed by atoms with Crippen molar-refractivity contribution in [1.82, 2.24) is 30.9 Å². The molecule has 0 bridgehead atoms. The summed E-state index contributed by atoms with van der Waals surface area (Å²) >= 11 is 0. The number of anilines is 4. The molecule has 2 unspecified atom stereocenters. The summed E-state index contributed by atoms with van der Waals surface area (Å²) in [4.78, 5) is 27.6. The Kier molecular flexibility index (Phi) is 15.0. The van der Waals surface area contributed by atoms with Crippen LogP contribution in [0.4, 0.5) is 23.5 Å². The van der Waals surface area contributed by atoms with E-state index in [-0.39, 0.29) is 5.91 Å². The molecule has 55 heavy (non-hydrogen) atoms. The number of carbonyl (C=O) groups excluding carboxylic acids is 1. The van der Waals surface area contributed by atoms with Crippen LogP contribution in [0.3, 0.4) is 0 Å². The van der Waals surface area contributed by atoms with E-state index in [1.54, 1.807) is 19.1 Å². The second-order valence-corrected chi connectivity index (χ2v) is 15.2. The van der Waals surface area contributed by atoms with Gasteiger partial charge >= 0.3 is 0 Å². The van der Waals surface area contributed by atoms with Crippen molar-refractivity contribution in [2.45, 2.75) is 122 Å². The van der Waals surface area contributed by atoms with Crippen molar-refractivity contribution in [3.8, 4) is 0 Å². The van der Waals surface area contributed by atoms with Gasteiger partial charge in [-0.3, -0.25) is 4.79 Å². The summed E-state index contributed by atoms with van der Waals surface area (Å²) in [5.41, 5.74) is 4.10. The van der Waals surface area contributed by atoms with Gasteiger partial charge in [-0.25, -0.2) is 0 Å². The fraction of sp³-hybridized carbons (Fsp3) is 0.535. The first-order valence-corrected chi connectivity index (χ1v) is 20.6. The molecular weight excluding hydrogens is 691 g/mol. The van der Waals surface area contributed by atoms with Gasteiger partial charge in [-0.05, 0) is 106 Å². The van der Waals surface area contributed by atoms with E-state index in [1.807, 2.05) is 49.4 Å². The van der Waals surface area contributed by atoms with E-state index in [9.17, 15) is 15.0 Å². The molecule has 296 valence electrons. The number of benzene rings is 2. The van der Waals surface area contributed by atoms with Gasteiger partial charge in [0.05, 0.1) is 0 Å². The Labute approximate surface area is 326 Å². The molecule has 2 saturated carbocycles. The minimum absolute atomic E-state index is 0.318. The van der Waals surface area contributed by atoms with E-state index in [2.05, 4.69) is 46.9 Å². The highest BCUT2D eigenvalue weighted by molar-refractivity contribution is 5.96. The molecule has 3 aromatic rings. The fourth-order valence-corrected chi connectivity index (χ4v) is 7.97. The number of fused-ring (bicyclic) bond motifs is 1. The van der Waals surface area contributed by atoms with Crippen LogP contribution in [0.1, 0.15) is 131 Å². The summed E-state index contributed by atoms with van der Waals surface area (Å²) in [7, 11) is 0. The highest BCUT2D eigenvalue weighted by Gasteiger charge is 2.32. The third-order valence-corrected chi connectivity index (χ3v) is 11.0. The van der Waals surface area contributed by atoms with Crippen molar-refractivity contribution < 1.29 is 15.0 Å². The quantitative estimate of drug-likeness (QED) is 0.0620. The minimum Gasteiger partial charge on any atom is -0.384 e. The molecule has 8 N–H and O–H groups in total. The number of amides is 1. The fourth-order valence-electron chi connectivity index (χ4n) is 7.97. The summed E-state index contributed by atoms with van der Waals surface area (Å²) in [5.74, 6) is 1.10. The number of aliphatic hydroxyl groups is 2. The molecule has 1 amide bonds. The molecule has 0 saturated heterocycles. The summed E-state index contributed by atoms with van der Waals surface area (Å²) in [6, 6.07) is 15.7. The minimum atomic E-state index is -0.972. The van der Waals surface area contributed by atoms with Gasteiger partial charge in [0.1, 0.15) is 12.2 Å². The van der Waals surface area contributed by atoms with Crippen LogP contribution in [-0.2, 0) is 0 Å². The van der Waals surface area contributed by atoms with Crippen molar-refractivity contribution in [1.29, 1.82) is 0 Å². The molecule has 3 aliphatic carbocycles. The zero-order chi connectivity index (χ0) is 38.4. The van der Waals surface area contributed by atoms with E-state index in [0.717, 1.165) is 44.7 Å². The Morgan fingerprint density at radius 1 is 0.709 bits per heavy atom. The number of hydrogen-bond acceptors (Lipinski definition) is 11. The van der Waals surface area contributed by atoms with Crippen molar-refractivity contribution in [3.63, 3.8) is 0 Å². The first-order chi connectivity index (χ1) is 26.9. The maximum atomic E-state index is 13.5. The monoisotopic (exact) mass is 751 g/mol. The van der Waals surface area contributed by atoms with Crippen LogP contribution in [-0.4, -0.2) is 69.3 Å². The molecule has 0 radical (unpaired) electrons. The molecule has 6 rings (SSSR count). The average Bonchev–Trinajstić information content (AvgIpc) is 3.21. The van der Waals surface area contributed by atoms with Gasteiger partial charge in [0.2, 0.25) is 17.8 Å². The van der Waals surface area contributed by atoms with Gasteiger partial charge in [-0.15, -0.1) is 0 Å². The lowest BCUT2D eigenvalue weighted by atomic mass is 9.81. The first-order valence-electron chi connectivity index (χ1n) is 20.6. The topological polar surface area (TPSA) is 168 Å². The Bertz CT molecular complexity index is 1700. The lowest BCUT2D eigenvalue weighted by Crippen LogP contribution is -2.32. The summed E-state index contributed by atoms with van der Waals surface area (Å²) in [6.45, 7) is 7.15. The predicted molar refractivity (Wildman–Crippen MR) is 220 cm³/mol. The Morgan fingerprint density at radius 3 is 1.78 bits per heavy atom. The smallest absolute Gasteiger partial charge is 0.255 e. The molecule has 2 aromatic carbocycles. The van der Waals surface area contributed by atoms with Crippen LogP contribution >= 0.6 is 0 Å². The Hall–Kier alpha value is -4.36. The molecule has 2 fully saturated rings. The molecule has 12 nitrogen and oxygen atoms in total. The molecule has 1 aromatic heterocycles. The number of nitrogens with zero attached hydrogens (tertiary/aromatic N) is 3. The Morgan fingerprint density at radius 2 is 1.24 bits per heavy atom. The zero-order valence-corrected chi connectivity index (χ0v) is 32.7. The van der Waals surface area contributed by atoms with Crippen molar-refractivity contribution >= 4 is 29.4 Å². The lowest BCUT2D eigenvalue weighted by molar-refractivity contribution is 0.0963. The predicted octanol–water partition coefficient (Wildman–Crippen LogP) is 7.18. The van der Waals surface area contributed by atoms with Crippen LogP contribution in [0, 0.1) is 0 Å². The number of carbonyl (C=O) groups is 1. The lowest BCUT2D eigenvalue weighted by Gasteiger charge is -2.31. The molecule has 3 aliphatic rings. The van der Waals surface area contributed by atoms with Gasteiger partial charge < -0.3 is 42.1 Å². The maximum absolute atomic E-state index is 13.5. The van der Waals surface area contributed by atoms with Gasteiger partial charge in [0.15, 0.2) is 0 Å². The number of rotatable bonds is 18. The molecule has 2 atom stereocenters. The highest BCUT2D eigenvalue weighted by atomic mass is 16.3. The normalized spacial score (nSPS) is 19.5. The van der Waals surface area contributed by atoms with Crippen LogP contribution in [0.2, 0.25) is 0 Å². The molecule has 0 spiro atoms. The van der Waals surface area contributed by atoms with Gasteiger partial charge in [-0.2, -0.15) is 15.0 Å². The summed E-state index contributed by atoms with van der Waals surface area (Å²) in [5, 5.41) is 42.9. The van der Waals surface area contributed by atoms with Crippen LogP contribution in [0.5, 0.6) is 0 Å². The number of aliphatic hydroxyl groups excluding tert-OH is 2. The number of allylic oxidation sites excluding steroid dienone is 1. The zero-order valence-electron chi connectivity index (χ0n) is 32.7. The SMILES string of the molecule is CC/C=C(/NC(=O)c1ccc(Nc2nc(NCCCNC3CCCCC3)nc(NCCCNC3CCCCC3)n2)cc1)C1=C(C)C(O)c2ccccc2C1O. The maximum Gasteiger partial charge on any atom is 0.255 e. The van der Waals surface area contributed by atoms with Crippen LogP contribution in [0.15, 0.2) is 71.5 Å². The highest BCUT2D eigenvalue weighted by Crippen LogP contribution is 2.42. The van der Waals surface area contributed by atoms with E-state index in [4.69, 9.17) is 0 Å². The first kappa shape index (κ1) is 40.3. The van der Waals surface area contributed by atoms with Crippen molar-refractivity contribution in [3.05, 3.63) is 88.1 Å². The molecule has 12 heteroatoms. The number of aromatic nitrogens is 3. The second-order valence-electron chi connectivity index (χ2n) is 15.2. The van der Waals surface area contributed by atoms with Crippen LogP contribution in [0.25, 0.3) is 0 Å². The van der Waals surface area contributed by atoms with Gasteiger partial charge in [0, 0.05) is 47.7 Å². The van der Waals surface area contributed by atoms with Crippen molar-refractivity contribution in [2.75, 3.05) is 42.1 Å². The van der Waals surface area contributed by atoms with Gasteiger partial charge in [-0.1, -0.05) is 75.8 Å². The average molecular weight is 752 g/mol. The van der Waals surface area contributed by atoms with E-state index < -0.39 is 12.2 Å². The second kappa shape index (κ2) is 20.5. The van der Waals surface area contributed by atoms with Gasteiger partial charge in [0.25, 0.3) is 5.91 Å². The Balaban J connectivity index is 1.08. The molecule has 0 aliphatic heterocycles. The van der Waals surface area contributed by atoms with E-state index in [0.29, 0.717) is 69.9 Å². The standard InChI is InChI=1S/C43H61N9O3/c1-3-14-36(37-29(2)38(53)34-19-10-11-20-35(34)39(37)54)49-40(55)30-21-23-33(24-22-30)48-43-51-41(46-27-12-25-44-31-15-6-4-7-16-31)50-42(52-43)47-28-13-26-45-32-17-8-5-9-18-32/h10-11,14,19-24,31-32,38-39,44-45,53-54H,3-9,12-13,15-18,25-28H2,1-2H3,(H,49,55)(H3,46,47,48,50,51,52)/b36-14+. The van der Waals surface area contributed by atoms with Crippen molar-refractivity contribution in [2.24, 2.45) is 0 Å². The molecular formula is C43H61N9O3. The third kappa shape index (κ3) is 11.3. The largest absolute Gasteiger partial charge is 0.384 e. The van der Waals surface area contributed by atoms with E-state index >= 15 is 0 Å². The molecule has 1 heterocycles. The van der Waals surface area contributed by atoms with E-state index in [1.165, 1.54) is 64.2 Å². The third-order valence-electron chi connectivity index (χ3n) is 11.0. The number of nitrogens with one attached hydrogen (secondary N) is 6. The summed E-state index contributed by atoms with van der Waals surface area (Å²) in [6.07, 6.45) is 15.7. The summed E-state index contributed by atoms with van der Waals surface area (Å²) < 4.78 is 0. The number of hydrogen-bond donors (Lipinski definition) is 8.